The first kappa shape index (κ1) is 20.8. The molecule has 5 heteroatoms. The highest BCUT2D eigenvalue weighted by atomic mass is 16.3. The van der Waals surface area contributed by atoms with Gasteiger partial charge in [0.25, 0.3) is 11.7 Å². The van der Waals surface area contributed by atoms with Crippen molar-refractivity contribution in [1.29, 1.82) is 0 Å². The molecule has 0 bridgehead atoms. The molecule has 0 aromatic heterocycles. The van der Waals surface area contributed by atoms with Gasteiger partial charge < -0.3 is 15.1 Å². The quantitative estimate of drug-likeness (QED) is 0.458. The number of β-amino-alcohol motifs (C(OH)–C–C–N with tert-alkyl or cyclic N) is 1. The monoisotopic (exact) mass is 393 g/mol. The molecular formula is C24H27NO4. The van der Waals surface area contributed by atoms with E-state index in [-0.39, 0.29) is 23.8 Å². The molecule has 2 N–H and O–H groups in total. The number of aliphatic hydroxyl groups is 2. The number of ketones is 1. The third-order valence-electron chi connectivity index (χ3n) is 5.22. The minimum Gasteiger partial charge on any atom is -0.507 e. The average molecular weight is 393 g/mol. The first-order valence-electron chi connectivity index (χ1n) is 9.84. The third-order valence-corrected chi connectivity index (χ3v) is 5.22. The Morgan fingerprint density at radius 2 is 1.72 bits per heavy atom. The number of amides is 1. The number of aliphatic hydroxyl groups excluding tert-OH is 2. The molecule has 1 amide bonds. The minimum absolute atomic E-state index is 0.00578. The summed E-state index contributed by atoms with van der Waals surface area (Å²) in [7, 11) is 0. The Labute approximate surface area is 171 Å². The molecule has 2 aromatic rings. The Morgan fingerprint density at radius 1 is 1.07 bits per heavy atom. The van der Waals surface area contributed by atoms with Crippen molar-refractivity contribution in [2.75, 3.05) is 6.54 Å². The van der Waals surface area contributed by atoms with Crippen molar-refractivity contribution < 1.29 is 19.8 Å². The van der Waals surface area contributed by atoms with Crippen LogP contribution in [0.3, 0.4) is 0 Å². The zero-order valence-electron chi connectivity index (χ0n) is 17.2. The van der Waals surface area contributed by atoms with E-state index < -0.39 is 23.8 Å². The van der Waals surface area contributed by atoms with Crippen LogP contribution in [0.5, 0.6) is 0 Å². The Morgan fingerprint density at radius 3 is 2.31 bits per heavy atom. The second-order valence-electron chi connectivity index (χ2n) is 7.99. The average Bonchev–Trinajstić information content (AvgIpc) is 2.92. The van der Waals surface area contributed by atoms with Crippen LogP contribution in [0.2, 0.25) is 0 Å². The van der Waals surface area contributed by atoms with Gasteiger partial charge in [-0.1, -0.05) is 67.9 Å². The highest BCUT2D eigenvalue weighted by Crippen LogP contribution is 2.40. The van der Waals surface area contributed by atoms with Crippen LogP contribution in [0, 0.1) is 6.92 Å². The van der Waals surface area contributed by atoms with Crippen LogP contribution in [-0.4, -0.2) is 39.5 Å². The Balaban J connectivity index is 2.20. The number of likely N-dealkylation sites (tertiary alicyclic amines) is 1. The molecule has 3 rings (SSSR count). The molecule has 1 aliphatic rings. The van der Waals surface area contributed by atoms with E-state index in [1.807, 2.05) is 43.3 Å². The summed E-state index contributed by atoms with van der Waals surface area (Å²) in [5.41, 5.74) is 3.37. The summed E-state index contributed by atoms with van der Waals surface area (Å²) >= 11 is 0. The van der Waals surface area contributed by atoms with E-state index in [0.717, 1.165) is 16.7 Å². The first-order valence-corrected chi connectivity index (χ1v) is 9.84. The second-order valence-corrected chi connectivity index (χ2v) is 7.99. The number of benzene rings is 2. The predicted molar refractivity (Wildman–Crippen MR) is 112 cm³/mol. The fraction of sp³-hybridized carbons (Fsp3) is 0.333. The van der Waals surface area contributed by atoms with Crippen LogP contribution in [0.4, 0.5) is 0 Å². The zero-order valence-corrected chi connectivity index (χ0v) is 17.2. The normalized spacial score (nSPS) is 19.8. The summed E-state index contributed by atoms with van der Waals surface area (Å²) < 4.78 is 0. The van der Waals surface area contributed by atoms with Crippen molar-refractivity contribution in [3.63, 3.8) is 0 Å². The van der Waals surface area contributed by atoms with Gasteiger partial charge in [0.05, 0.1) is 17.7 Å². The van der Waals surface area contributed by atoms with E-state index in [1.165, 1.54) is 4.90 Å². The molecule has 1 heterocycles. The topological polar surface area (TPSA) is 77.8 Å². The van der Waals surface area contributed by atoms with Gasteiger partial charge in [-0.05, 0) is 30.9 Å². The number of carbonyl (C=O) groups is 2. The summed E-state index contributed by atoms with van der Waals surface area (Å²) in [6.07, 6.45) is -0.802. The molecular weight excluding hydrogens is 366 g/mol. The van der Waals surface area contributed by atoms with Gasteiger partial charge in [-0.2, -0.15) is 0 Å². The third kappa shape index (κ3) is 4.10. The van der Waals surface area contributed by atoms with Crippen molar-refractivity contribution in [3.05, 3.63) is 76.4 Å². The zero-order chi connectivity index (χ0) is 21.3. The largest absolute Gasteiger partial charge is 0.507 e. The van der Waals surface area contributed by atoms with Crippen molar-refractivity contribution >= 4 is 17.4 Å². The number of hydrogen-bond donors (Lipinski definition) is 2. The predicted octanol–water partition coefficient (Wildman–Crippen LogP) is 3.92. The van der Waals surface area contributed by atoms with E-state index in [4.69, 9.17) is 0 Å². The van der Waals surface area contributed by atoms with Gasteiger partial charge in [0, 0.05) is 12.1 Å². The second kappa shape index (κ2) is 8.21. The van der Waals surface area contributed by atoms with Crippen LogP contribution < -0.4 is 0 Å². The Hall–Kier alpha value is -2.92. The van der Waals surface area contributed by atoms with E-state index in [0.29, 0.717) is 5.56 Å². The molecule has 0 radical (unpaired) electrons. The summed E-state index contributed by atoms with van der Waals surface area (Å²) in [5.74, 6) is -1.37. The smallest absolute Gasteiger partial charge is 0.295 e. The van der Waals surface area contributed by atoms with E-state index in [9.17, 15) is 19.8 Å². The van der Waals surface area contributed by atoms with Gasteiger partial charge in [-0.15, -0.1) is 0 Å². The van der Waals surface area contributed by atoms with Crippen LogP contribution in [-0.2, 0) is 9.59 Å². The summed E-state index contributed by atoms with van der Waals surface area (Å²) in [6, 6.07) is 14.1. The van der Waals surface area contributed by atoms with Crippen molar-refractivity contribution in [2.45, 2.75) is 45.8 Å². The molecule has 1 aliphatic heterocycles. The fourth-order valence-corrected chi connectivity index (χ4v) is 3.65. The molecule has 2 aromatic carbocycles. The van der Waals surface area contributed by atoms with Gasteiger partial charge in [0.1, 0.15) is 5.76 Å². The highest BCUT2D eigenvalue weighted by molar-refractivity contribution is 6.46. The van der Waals surface area contributed by atoms with Crippen molar-refractivity contribution in [1.82, 2.24) is 4.90 Å². The number of rotatable bonds is 5. The molecule has 0 aliphatic carbocycles. The molecule has 0 saturated carbocycles. The number of Topliss-reactive ketones (excluding diaryl/α,β-unsaturated/α-hetero) is 1. The lowest BCUT2D eigenvalue weighted by Crippen LogP contribution is -2.35. The van der Waals surface area contributed by atoms with Crippen LogP contribution >= 0.6 is 0 Å². The van der Waals surface area contributed by atoms with Crippen molar-refractivity contribution in [3.8, 4) is 0 Å². The molecule has 1 fully saturated rings. The number of nitrogens with zero attached hydrogens (tertiary/aromatic N) is 1. The Kier molecular flexibility index (Phi) is 5.89. The maximum Gasteiger partial charge on any atom is 0.295 e. The van der Waals surface area contributed by atoms with E-state index >= 15 is 0 Å². The molecule has 0 spiro atoms. The highest BCUT2D eigenvalue weighted by Gasteiger charge is 2.46. The van der Waals surface area contributed by atoms with E-state index in [2.05, 4.69) is 13.8 Å². The van der Waals surface area contributed by atoms with Gasteiger partial charge in [0.15, 0.2) is 0 Å². The fourth-order valence-electron chi connectivity index (χ4n) is 3.65. The standard InChI is InChI=1S/C24H27NO4/c1-14(2)18-6-5-7-19(12-18)21-20(22(27)17-10-8-15(3)9-11-17)23(28)24(29)25(21)13-16(4)26/h5-12,14,16,21,26-27H,13H2,1-4H3. The minimum atomic E-state index is -0.802. The van der Waals surface area contributed by atoms with E-state index in [1.54, 1.807) is 19.1 Å². The van der Waals surface area contributed by atoms with Crippen LogP contribution in [0.25, 0.3) is 5.76 Å². The van der Waals surface area contributed by atoms with Gasteiger partial charge >= 0.3 is 0 Å². The van der Waals surface area contributed by atoms with Crippen LogP contribution in [0.1, 0.15) is 55.0 Å². The number of aryl methyl sites for hydroxylation is 1. The van der Waals surface area contributed by atoms with Gasteiger partial charge in [0.2, 0.25) is 0 Å². The molecule has 152 valence electrons. The molecule has 2 unspecified atom stereocenters. The molecule has 1 saturated heterocycles. The Bertz CT molecular complexity index is 957. The lowest BCUT2D eigenvalue weighted by Gasteiger charge is -2.27. The number of carbonyl (C=O) groups excluding carboxylic acids is 2. The maximum atomic E-state index is 12.9. The molecule has 2 atom stereocenters. The van der Waals surface area contributed by atoms with Gasteiger partial charge in [-0.25, -0.2) is 0 Å². The first-order chi connectivity index (χ1) is 13.7. The van der Waals surface area contributed by atoms with Crippen molar-refractivity contribution in [2.24, 2.45) is 0 Å². The van der Waals surface area contributed by atoms with Crippen LogP contribution in [0.15, 0.2) is 54.1 Å². The maximum absolute atomic E-state index is 12.9. The molecule has 29 heavy (non-hydrogen) atoms. The molecule has 5 nitrogen and oxygen atoms in total. The number of hydrogen-bond acceptors (Lipinski definition) is 4. The lowest BCUT2D eigenvalue weighted by atomic mass is 9.92. The summed E-state index contributed by atoms with van der Waals surface area (Å²) in [6.45, 7) is 7.64. The SMILES string of the molecule is Cc1ccc(C(O)=C2C(=O)C(=O)N(CC(C)O)C2c2cccc(C(C)C)c2)cc1. The van der Waals surface area contributed by atoms with Gasteiger partial charge in [-0.3, -0.25) is 9.59 Å². The summed E-state index contributed by atoms with van der Waals surface area (Å²) in [4.78, 5) is 27.0. The summed E-state index contributed by atoms with van der Waals surface area (Å²) in [5, 5.41) is 20.9. The lowest BCUT2D eigenvalue weighted by molar-refractivity contribution is -0.140.